The maximum absolute atomic E-state index is 13.5. The molecule has 9 heteroatoms. The fourth-order valence-electron chi connectivity index (χ4n) is 3.97. The summed E-state index contributed by atoms with van der Waals surface area (Å²) in [5.74, 6) is -0.449. The smallest absolute Gasteiger partial charge is 0.272 e. The molecule has 0 radical (unpaired) electrons. The van der Waals surface area contributed by atoms with Crippen LogP contribution < -0.4 is 20.7 Å². The number of para-hydroxylation sites is 1. The zero-order chi connectivity index (χ0) is 29.7. The first kappa shape index (κ1) is 30.1. The van der Waals surface area contributed by atoms with Crippen LogP contribution in [0.1, 0.15) is 36.2 Å². The molecule has 1 unspecified atom stereocenters. The maximum atomic E-state index is 13.5. The molecule has 214 valence electrons. The summed E-state index contributed by atoms with van der Waals surface area (Å²) >= 11 is 1.40. The van der Waals surface area contributed by atoms with Crippen LogP contribution in [0.15, 0.2) is 114 Å². The predicted octanol–water partition coefficient (Wildman–Crippen LogP) is 6.40. The monoisotopic (exact) mass is 580 g/mol. The van der Waals surface area contributed by atoms with E-state index in [1.54, 1.807) is 73.1 Å². The third kappa shape index (κ3) is 8.55. The van der Waals surface area contributed by atoms with E-state index < -0.39 is 11.8 Å². The number of carbonyl (C=O) groups is 3. The molecule has 1 aromatic heterocycles. The van der Waals surface area contributed by atoms with Crippen molar-refractivity contribution in [3.05, 3.63) is 120 Å². The van der Waals surface area contributed by atoms with Crippen molar-refractivity contribution >= 4 is 46.9 Å². The lowest BCUT2D eigenvalue weighted by atomic mass is 10.1. The van der Waals surface area contributed by atoms with Crippen LogP contribution in [0.5, 0.6) is 5.75 Å². The van der Waals surface area contributed by atoms with Crippen molar-refractivity contribution in [3.63, 3.8) is 0 Å². The molecule has 0 saturated heterocycles. The highest BCUT2D eigenvalue weighted by Crippen LogP contribution is 2.29. The molecule has 42 heavy (non-hydrogen) atoms. The van der Waals surface area contributed by atoms with Gasteiger partial charge in [0.1, 0.15) is 11.4 Å². The molecular formula is C33H32N4O4S. The van der Waals surface area contributed by atoms with Crippen LogP contribution in [0.25, 0.3) is 6.08 Å². The molecule has 0 fully saturated rings. The number of carbonyl (C=O) groups excluding carboxylic acids is 3. The summed E-state index contributed by atoms with van der Waals surface area (Å²) < 4.78 is 5.72. The minimum absolute atomic E-state index is 0.0530. The van der Waals surface area contributed by atoms with E-state index in [1.165, 1.54) is 11.8 Å². The highest BCUT2D eigenvalue weighted by molar-refractivity contribution is 8.00. The molecule has 3 amide bonds. The lowest BCUT2D eigenvalue weighted by molar-refractivity contribution is -0.116. The van der Waals surface area contributed by atoms with Gasteiger partial charge in [0, 0.05) is 39.8 Å². The third-order valence-electron chi connectivity index (χ3n) is 6.03. The lowest BCUT2D eigenvalue weighted by Crippen LogP contribution is -2.30. The molecule has 4 rings (SSSR count). The van der Waals surface area contributed by atoms with Crippen molar-refractivity contribution in [1.82, 2.24) is 10.3 Å². The van der Waals surface area contributed by atoms with Crippen molar-refractivity contribution in [3.8, 4) is 5.75 Å². The van der Waals surface area contributed by atoms with Gasteiger partial charge in [0.15, 0.2) is 0 Å². The summed E-state index contributed by atoms with van der Waals surface area (Å²) in [4.78, 5) is 44.2. The van der Waals surface area contributed by atoms with Gasteiger partial charge < -0.3 is 20.7 Å². The Morgan fingerprint density at radius 2 is 1.60 bits per heavy atom. The normalized spacial score (nSPS) is 11.7. The first-order chi connectivity index (χ1) is 20.5. The summed E-state index contributed by atoms with van der Waals surface area (Å²) in [7, 11) is 0. The Kier molecular flexibility index (Phi) is 10.9. The number of rotatable bonds is 12. The minimum Gasteiger partial charge on any atom is -0.493 e. The standard InChI is InChI=1S/C33H32N4O4S/c1-3-30(33(40)35-25-17-19-34-20-18-25)42-27-15-10-14-26(22-27)36-32(39)28(37-31(38)23-11-6-5-7-12-23)21-24-13-8-9-16-29(24)41-4-2/h5-22,30H,3-4H2,1-2H3,(H,36,39)(H,37,38)(H,34,35,40)/b28-21+. The van der Waals surface area contributed by atoms with Crippen LogP contribution in [-0.2, 0) is 9.59 Å². The van der Waals surface area contributed by atoms with Crippen molar-refractivity contribution in [2.45, 2.75) is 30.4 Å². The summed E-state index contributed by atoms with van der Waals surface area (Å²) in [5, 5.41) is 8.21. The van der Waals surface area contributed by atoms with Gasteiger partial charge in [0.2, 0.25) is 5.91 Å². The van der Waals surface area contributed by atoms with E-state index >= 15 is 0 Å². The molecule has 1 heterocycles. The third-order valence-corrected chi connectivity index (χ3v) is 7.39. The number of amides is 3. The maximum Gasteiger partial charge on any atom is 0.272 e. The highest BCUT2D eigenvalue weighted by atomic mass is 32.2. The fourth-order valence-corrected chi connectivity index (χ4v) is 4.99. The number of benzene rings is 3. The lowest BCUT2D eigenvalue weighted by Gasteiger charge is -2.16. The predicted molar refractivity (Wildman–Crippen MR) is 167 cm³/mol. The van der Waals surface area contributed by atoms with Crippen molar-refractivity contribution in [2.24, 2.45) is 0 Å². The van der Waals surface area contributed by atoms with E-state index in [2.05, 4.69) is 20.9 Å². The number of hydrogen-bond donors (Lipinski definition) is 3. The second-order valence-electron chi connectivity index (χ2n) is 9.07. The van der Waals surface area contributed by atoms with E-state index in [9.17, 15) is 14.4 Å². The molecule has 4 aromatic rings. The van der Waals surface area contributed by atoms with Crippen LogP contribution >= 0.6 is 11.8 Å². The van der Waals surface area contributed by atoms with Crippen molar-refractivity contribution in [1.29, 1.82) is 0 Å². The zero-order valence-corrected chi connectivity index (χ0v) is 24.2. The van der Waals surface area contributed by atoms with Crippen molar-refractivity contribution < 1.29 is 19.1 Å². The number of anilines is 2. The number of nitrogens with zero attached hydrogens (tertiary/aromatic N) is 1. The number of hydrogen-bond acceptors (Lipinski definition) is 6. The molecule has 0 aliphatic heterocycles. The molecule has 0 spiro atoms. The zero-order valence-electron chi connectivity index (χ0n) is 23.4. The van der Waals surface area contributed by atoms with E-state index in [1.807, 2.05) is 50.2 Å². The number of aromatic nitrogens is 1. The molecule has 3 aromatic carbocycles. The molecule has 8 nitrogen and oxygen atoms in total. The first-order valence-electron chi connectivity index (χ1n) is 13.6. The number of thioether (sulfide) groups is 1. The molecule has 0 aliphatic rings. The Morgan fingerprint density at radius 1 is 0.857 bits per heavy atom. The Labute approximate surface area is 249 Å². The average Bonchev–Trinajstić information content (AvgIpc) is 3.01. The topological polar surface area (TPSA) is 109 Å². The van der Waals surface area contributed by atoms with Crippen LogP contribution in [0.2, 0.25) is 0 Å². The van der Waals surface area contributed by atoms with E-state index in [4.69, 9.17) is 4.74 Å². The highest BCUT2D eigenvalue weighted by Gasteiger charge is 2.20. The largest absolute Gasteiger partial charge is 0.493 e. The van der Waals surface area contributed by atoms with E-state index in [0.29, 0.717) is 41.3 Å². The second-order valence-corrected chi connectivity index (χ2v) is 10.3. The SMILES string of the molecule is CCOc1ccccc1/C=C(/NC(=O)c1ccccc1)C(=O)Nc1cccc(SC(CC)C(=O)Nc2ccncc2)c1. The van der Waals surface area contributed by atoms with Crippen LogP contribution in [0, 0.1) is 0 Å². The number of nitrogens with one attached hydrogen (secondary N) is 3. The molecule has 0 aliphatic carbocycles. The van der Waals surface area contributed by atoms with Gasteiger partial charge in [-0.3, -0.25) is 19.4 Å². The molecule has 0 saturated carbocycles. The fraction of sp³-hybridized carbons (Fsp3) is 0.152. The molecule has 0 bridgehead atoms. The van der Waals surface area contributed by atoms with Gasteiger partial charge in [-0.2, -0.15) is 0 Å². The minimum atomic E-state index is -0.504. The van der Waals surface area contributed by atoms with Crippen LogP contribution in [0.3, 0.4) is 0 Å². The summed E-state index contributed by atoms with van der Waals surface area (Å²) in [6.07, 6.45) is 5.44. The summed E-state index contributed by atoms with van der Waals surface area (Å²) in [5.41, 5.74) is 2.32. The van der Waals surface area contributed by atoms with E-state index in [0.717, 1.165) is 4.90 Å². The number of ether oxygens (including phenoxy) is 1. The van der Waals surface area contributed by atoms with Gasteiger partial charge in [0.25, 0.3) is 11.8 Å². The van der Waals surface area contributed by atoms with Crippen LogP contribution in [-0.4, -0.2) is 34.6 Å². The molecular weight excluding hydrogens is 548 g/mol. The van der Waals surface area contributed by atoms with Gasteiger partial charge in [-0.05, 0) is 68.0 Å². The van der Waals surface area contributed by atoms with Gasteiger partial charge in [-0.1, -0.05) is 49.4 Å². The Balaban J connectivity index is 1.54. The van der Waals surface area contributed by atoms with Gasteiger partial charge in [0.05, 0.1) is 11.9 Å². The first-order valence-corrected chi connectivity index (χ1v) is 14.4. The van der Waals surface area contributed by atoms with Gasteiger partial charge in [-0.25, -0.2) is 0 Å². The average molecular weight is 581 g/mol. The van der Waals surface area contributed by atoms with Gasteiger partial charge >= 0.3 is 0 Å². The van der Waals surface area contributed by atoms with Crippen LogP contribution in [0.4, 0.5) is 11.4 Å². The Hall–Kier alpha value is -4.89. The summed E-state index contributed by atoms with van der Waals surface area (Å²) in [6.45, 7) is 4.27. The molecule has 3 N–H and O–H groups in total. The quantitative estimate of drug-likeness (QED) is 0.132. The van der Waals surface area contributed by atoms with Gasteiger partial charge in [-0.15, -0.1) is 11.8 Å². The Bertz CT molecular complexity index is 1540. The summed E-state index contributed by atoms with van der Waals surface area (Å²) in [6, 6.07) is 26.7. The second kappa shape index (κ2) is 15.2. The molecule has 1 atom stereocenters. The van der Waals surface area contributed by atoms with E-state index in [-0.39, 0.29) is 16.9 Å². The number of pyridine rings is 1. The Morgan fingerprint density at radius 3 is 2.33 bits per heavy atom. The van der Waals surface area contributed by atoms with Crippen molar-refractivity contribution in [2.75, 3.05) is 17.2 Å².